The minimum atomic E-state index is -0.239. The second-order valence-corrected chi connectivity index (χ2v) is 8.01. The fourth-order valence-electron chi connectivity index (χ4n) is 2.98. The number of rotatable bonds is 8. The van der Waals surface area contributed by atoms with E-state index < -0.39 is 0 Å². The molecule has 0 unspecified atom stereocenters. The topological polar surface area (TPSA) is 46.6 Å². The van der Waals surface area contributed by atoms with Crippen LogP contribution in [0.1, 0.15) is 30.5 Å². The van der Waals surface area contributed by atoms with Crippen LogP contribution in [0.4, 0.5) is 0 Å². The van der Waals surface area contributed by atoms with Gasteiger partial charge in [-0.1, -0.05) is 60.2 Å². The third-order valence-electron chi connectivity index (χ3n) is 4.46. The molecule has 1 aliphatic rings. The maximum absolute atomic E-state index is 13.1. The Balaban J connectivity index is 1.87. The number of amides is 2. The van der Waals surface area contributed by atoms with Gasteiger partial charge < -0.3 is 4.74 Å². The molecule has 2 amide bonds. The van der Waals surface area contributed by atoms with Gasteiger partial charge in [0.05, 0.1) is 29.7 Å². The number of thioether (sulfide) groups is 1. The summed E-state index contributed by atoms with van der Waals surface area (Å²) in [6.45, 7) is 6.48. The first-order chi connectivity index (χ1) is 13.5. The molecule has 28 heavy (non-hydrogen) atoms. The molecule has 0 fully saturated rings. The maximum Gasteiger partial charge on any atom is 0.268 e. The van der Waals surface area contributed by atoms with E-state index in [2.05, 4.69) is 0 Å². The summed E-state index contributed by atoms with van der Waals surface area (Å²) in [6.07, 6.45) is 0.0595. The smallest absolute Gasteiger partial charge is 0.268 e. The first-order valence-electron chi connectivity index (χ1n) is 9.43. The number of ether oxygens (including phenoxy) is 1. The summed E-state index contributed by atoms with van der Waals surface area (Å²) in [4.78, 5) is 27.9. The van der Waals surface area contributed by atoms with E-state index in [1.165, 1.54) is 16.7 Å². The second kappa shape index (κ2) is 9.22. The highest BCUT2D eigenvalue weighted by Crippen LogP contribution is 2.37. The fraction of sp³-hybridized carbons (Fsp3) is 0.304. The van der Waals surface area contributed by atoms with Gasteiger partial charge in [0.25, 0.3) is 11.8 Å². The zero-order chi connectivity index (χ0) is 20.1. The van der Waals surface area contributed by atoms with Crippen molar-refractivity contribution in [3.8, 4) is 0 Å². The predicted molar refractivity (Wildman–Crippen MR) is 114 cm³/mol. The number of hydrogen-bond acceptors (Lipinski definition) is 4. The predicted octanol–water partition coefficient (Wildman–Crippen LogP) is 4.43. The summed E-state index contributed by atoms with van der Waals surface area (Å²) >= 11 is 1.43. The van der Waals surface area contributed by atoms with Crippen LogP contribution in [-0.4, -0.2) is 36.0 Å². The highest BCUT2D eigenvalue weighted by molar-refractivity contribution is 8.03. The number of carbonyl (C=O) groups is 2. The first kappa shape index (κ1) is 20.4. The van der Waals surface area contributed by atoms with Crippen molar-refractivity contribution in [3.63, 3.8) is 0 Å². The highest BCUT2D eigenvalue weighted by Gasteiger charge is 2.38. The molecule has 0 saturated carbocycles. The third-order valence-corrected chi connectivity index (χ3v) is 5.60. The van der Waals surface area contributed by atoms with Gasteiger partial charge in [0, 0.05) is 5.75 Å². The van der Waals surface area contributed by atoms with Gasteiger partial charge in [-0.05, 0) is 31.9 Å². The summed E-state index contributed by atoms with van der Waals surface area (Å²) in [5.41, 5.74) is 3.51. The van der Waals surface area contributed by atoms with Gasteiger partial charge in [0.15, 0.2) is 0 Å². The van der Waals surface area contributed by atoms with E-state index in [0.717, 1.165) is 16.7 Å². The lowest BCUT2D eigenvalue weighted by atomic mass is 10.0. The van der Waals surface area contributed by atoms with Crippen LogP contribution < -0.4 is 0 Å². The molecule has 0 bridgehead atoms. The van der Waals surface area contributed by atoms with Crippen LogP contribution in [0.3, 0.4) is 0 Å². The number of carbonyl (C=O) groups excluding carboxylic acids is 2. The van der Waals surface area contributed by atoms with Crippen LogP contribution in [0.25, 0.3) is 5.57 Å². The van der Waals surface area contributed by atoms with Crippen molar-refractivity contribution >= 4 is 29.1 Å². The monoisotopic (exact) mass is 395 g/mol. The third kappa shape index (κ3) is 4.72. The number of aryl methyl sites for hydroxylation is 1. The molecule has 2 aromatic rings. The Labute approximate surface area is 170 Å². The Kier molecular flexibility index (Phi) is 6.70. The number of benzene rings is 2. The summed E-state index contributed by atoms with van der Waals surface area (Å²) in [5, 5.41) is 0. The van der Waals surface area contributed by atoms with Gasteiger partial charge in [-0.2, -0.15) is 0 Å². The van der Waals surface area contributed by atoms with Crippen LogP contribution in [-0.2, 0) is 20.1 Å². The average molecular weight is 396 g/mol. The summed E-state index contributed by atoms with van der Waals surface area (Å²) in [7, 11) is 0. The lowest BCUT2D eigenvalue weighted by molar-refractivity contribution is -0.137. The summed E-state index contributed by atoms with van der Waals surface area (Å²) in [6, 6.07) is 17.7. The molecule has 0 radical (unpaired) electrons. The average Bonchev–Trinajstić information content (AvgIpc) is 2.92. The molecule has 0 aliphatic carbocycles. The molecule has 3 rings (SSSR count). The van der Waals surface area contributed by atoms with Crippen molar-refractivity contribution in [2.24, 2.45) is 0 Å². The Bertz CT molecular complexity index is 872. The van der Waals surface area contributed by atoms with Crippen molar-refractivity contribution in [3.05, 3.63) is 76.2 Å². The molecular formula is C23H25NO3S. The van der Waals surface area contributed by atoms with Crippen molar-refractivity contribution in [1.82, 2.24) is 4.90 Å². The number of nitrogens with zero attached hydrogens (tertiary/aromatic N) is 1. The SMILES string of the molecule is Cc1ccc(C2=C(SCc3ccccc3)C(=O)N(CCOC(C)C)C2=O)cc1. The Morgan fingerprint density at radius 2 is 1.64 bits per heavy atom. The zero-order valence-electron chi connectivity index (χ0n) is 16.5. The van der Waals surface area contributed by atoms with Crippen molar-refractivity contribution in [2.75, 3.05) is 13.2 Å². The molecule has 4 nitrogen and oxygen atoms in total. The highest BCUT2D eigenvalue weighted by atomic mass is 32.2. The molecule has 2 aromatic carbocycles. The minimum Gasteiger partial charge on any atom is -0.377 e. The number of hydrogen-bond donors (Lipinski definition) is 0. The first-order valence-corrected chi connectivity index (χ1v) is 10.4. The van der Waals surface area contributed by atoms with Crippen LogP contribution in [0, 0.1) is 6.92 Å². The van der Waals surface area contributed by atoms with Crippen LogP contribution in [0.2, 0.25) is 0 Å². The summed E-state index contributed by atoms with van der Waals surface area (Å²) < 4.78 is 5.55. The van der Waals surface area contributed by atoms with E-state index in [9.17, 15) is 9.59 Å². The van der Waals surface area contributed by atoms with Crippen molar-refractivity contribution in [1.29, 1.82) is 0 Å². The fourth-order valence-corrected chi connectivity index (χ4v) is 4.06. The van der Waals surface area contributed by atoms with E-state index in [1.54, 1.807) is 0 Å². The van der Waals surface area contributed by atoms with Gasteiger partial charge in [0.1, 0.15) is 0 Å². The largest absolute Gasteiger partial charge is 0.377 e. The molecular weight excluding hydrogens is 370 g/mol. The van der Waals surface area contributed by atoms with Gasteiger partial charge in [-0.25, -0.2) is 0 Å². The second-order valence-electron chi connectivity index (χ2n) is 7.03. The van der Waals surface area contributed by atoms with Crippen LogP contribution in [0.15, 0.2) is 59.5 Å². The molecule has 0 aromatic heterocycles. The van der Waals surface area contributed by atoms with Gasteiger partial charge in [-0.15, -0.1) is 11.8 Å². The quantitative estimate of drug-likeness (QED) is 0.620. The van der Waals surface area contributed by atoms with Gasteiger partial charge in [0.2, 0.25) is 0 Å². The van der Waals surface area contributed by atoms with Crippen molar-refractivity contribution < 1.29 is 14.3 Å². The van der Waals surface area contributed by atoms with Gasteiger partial charge >= 0.3 is 0 Å². The number of imide groups is 1. The lowest BCUT2D eigenvalue weighted by Crippen LogP contribution is -2.35. The van der Waals surface area contributed by atoms with Gasteiger partial charge in [-0.3, -0.25) is 14.5 Å². The Morgan fingerprint density at radius 1 is 0.964 bits per heavy atom. The maximum atomic E-state index is 13.1. The molecule has 1 heterocycles. The Morgan fingerprint density at radius 3 is 2.29 bits per heavy atom. The zero-order valence-corrected chi connectivity index (χ0v) is 17.3. The molecule has 0 atom stereocenters. The summed E-state index contributed by atoms with van der Waals surface area (Å²) in [5.74, 6) is 0.173. The lowest BCUT2D eigenvalue weighted by Gasteiger charge is -2.16. The molecule has 146 valence electrons. The van der Waals surface area contributed by atoms with E-state index in [0.29, 0.717) is 22.8 Å². The van der Waals surface area contributed by atoms with E-state index >= 15 is 0 Å². The minimum absolute atomic E-state index is 0.0595. The van der Waals surface area contributed by atoms with Crippen LogP contribution in [0.5, 0.6) is 0 Å². The van der Waals surface area contributed by atoms with E-state index in [4.69, 9.17) is 4.74 Å². The molecule has 1 aliphatic heterocycles. The van der Waals surface area contributed by atoms with Crippen LogP contribution >= 0.6 is 11.8 Å². The normalized spacial score (nSPS) is 14.5. The molecule has 0 N–H and O–H groups in total. The van der Waals surface area contributed by atoms with E-state index in [-0.39, 0.29) is 24.5 Å². The Hall–Kier alpha value is -2.37. The molecule has 5 heteroatoms. The molecule has 0 spiro atoms. The van der Waals surface area contributed by atoms with E-state index in [1.807, 2.05) is 75.4 Å². The standard InChI is InChI=1S/C23H25NO3S/c1-16(2)27-14-13-24-22(25)20(19-11-9-17(3)10-12-19)21(23(24)26)28-15-18-7-5-4-6-8-18/h4-12,16H,13-15H2,1-3H3. The van der Waals surface area contributed by atoms with Crippen molar-refractivity contribution in [2.45, 2.75) is 32.6 Å². The molecule has 0 saturated heterocycles.